The molecule has 4 rings (SSSR count). The van der Waals surface area contributed by atoms with E-state index in [1.54, 1.807) is 11.3 Å². The molecule has 1 aromatic heterocycles. The lowest BCUT2D eigenvalue weighted by atomic mass is 10.0. The van der Waals surface area contributed by atoms with Gasteiger partial charge >= 0.3 is 0 Å². The first-order valence-electron chi connectivity index (χ1n) is 7.15. The van der Waals surface area contributed by atoms with Gasteiger partial charge in [-0.25, -0.2) is 4.98 Å². The van der Waals surface area contributed by atoms with Gasteiger partial charge in [-0.3, -0.25) is 0 Å². The maximum atomic E-state index is 9.92. The molecule has 2 aromatic rings. The molecular formula is C15H17ClN2OS. The molecule has 0 aliphatic carbocycles. The van der Waals surface area contributed by atoms with E-state index in [1.807, 2.05) is 12.1 Å². The van der Waals surface area contributed by atoms with Gasteiger partial charge < -0.3 is 10.0 Å². The molecule has 0 radical (unpaired) electrons. The van der Waals surface area contributed by atoms with Crippen LogP contribution in [0.2, 0.25) is 5.02 Å². The fourth-order valence-corrected chi connectivity index (χ4v) is 5.12. The van der Waals surface area contributed by atoms with Crippen LogP contribution in [-0.4, -0.2) is 28.3 Å². The molecule has 0 amide bonds. The molecule has 3 heterocycles. The highest BCUT2D eigenvalue weighted by atomic mass is 35.5. The first-order chi connectivity index (χ1) is 9.63. The van der Waals surface area contributed by atoms with Crippen molar-refractivity contribution in [3.8, 4) is 0 Å². The zero-order valence-corrected chi connectivity index (χ0v) is 12.9. The molecule has 0 saturated carbocycles. The van der Waals surface area contributed by atoms with Crippen molar-refractivity contribution in [3.05, 3.63) is 22.7 Å². The third kappa shape index (κ3) is 1.85. The summed E-state index contributed by atoms with van der Waals surface area (Å²) < 4.78 is 1.09. The van der Waals surface area contributed by atoms with Crippen LogP contribution in [0.15, 0.2) is 12.1 Å². The number of benzene rings is 1. The van der Waals surface area contributed by atoms with Crippen LogP contribution in [0.4, 0.5) is 5.13 Å². The molecule has 0 spiro atoms. The van der Waals surface area contributed by atoms with Crippen LogP contribution >= 0.6 is 22.9 Å². The first kappa shape index (κ1) is 12.9. The zero-order valence-electron chi connectivity index (χ0n) is 11.3. The number of piperidine rings is 1. The van der Waals surface area contributed by atoms with Gasteiger partial charge in [0.1, 0.15) is 0 Å². The van der Waals surface area contributed by atoms with Crippen molar-refractivity contribution in [2.45, 2.75) is 50.8 Å². The normalized spacial score (nSPS) is 29.4. The molecule has 2 bridgehead atoms. The third-order valence-corrected chi connectivity index (χ3v) is 6.14. The summed E-state index contributed by atoms with van der Waals surface area (Å²) >= 11 is 8.00. The summed E-state index contributed by atoms with van der Waals surface area (Å²) in [5.74, 6) is 0. The van der Waals surface area contributed by atoms with Gasteiger partial charge in [0.2, 0.25) is 0 Å². The summed E-state index contributed by atoms with van der Waals surface area (Å²) in [6, 6.07) is 4.88. The van der Waals surface area contributed by atoms with Crippen molar-refractivity contribution in [3.63, 3.8) is 0 Å². The van der Waals surface area contributed by atoms with Crippen molar-refractivity contribution in [1.29, 1.82) is 0 Å². The number of halogens is 1. The minimum atomic E-state index is -0.136. The summed E-state index contributed by atoms with van der Waals surface area (Å²) in [5.41, 5.74) is 2.21. The second-order valence-corrected chi connectivity index (χ2v) is 7.34. The number of aryl methyl sites for hydroxylation is 1. The summed E-state index contributed by atoms with van der Waals surface area (Å²) in [4.78, 5) is 7.28. The molecular weight excluding hydrogens is 292 g/mol. The van der Waals surface area contributed by atoms with Crippen LogP contribution in [0.3, 0.4) is 0 Å². The van der Waals surface area contributed by atoms with Crippen molar-refractivity contribution >= 4 is 38.3 Å². The molecule has 20 heavy (non-hydrogen) atoms. The van der Waals surface area contributed by atoms with Crippen molar-refractivity contribution < 1.29 is 5.11 Å². The first-order valence-corrected chi connectivity index (χ1v) is 8.35. The minimum absolute atomic E-state index is 0.136. The van der Waals surface area contributed by atoms with Gasteiger partial charge in [-0.1, -0.05) is 29.0 Å². The van der Waals surface area contributed by atoms with E-state index >= 15 is 0 Å². The molecule has 3 nitrogen and oxygen atoms in total. The van der Waals surface area contributed by atoms with Gasteiger partial charge in [-0.2, -0.15) is 0 Å². The molecule has 2 fully saturated rings. The molecule has 2 saturated heterocycles. The molecule has 2 atom stereocenters. The van der Waals surface area contributed by atoms with Crippen molar-refractivity contribution in [1.82, 2.24) is 4.98 Å². The summed E-state index contributed by atoms with van der Waals surface area (Å²) in [7, 11) is 0. The van der Waals surface area contributed by atoms with Crippen LogP contribution in [0.1, 0.15) is 31.2 Å². The van der Waals surface area contributed by atoms with Gasteiger partial charge in [0, 0.05) is 12.1 Å². The fraction of sp³-hybridized carbons (Fsp3) is 0.533. The van der Waals surface area contributed by atoms with Gasteiger partial charge in [-0.05, 0) is 44.2 Å². The van der Waals surface area contributed by atoms with Crippen molar-refractivity contribution in [2.75, 3.05) is 4.90 Å². The lowest BCUT2D eigenvalue weighted by molar-refractivity contribution is 0.126. The average molecular weight is 309 g/mol. The number of nitrogens with zero attached hydrogens (tertiary/aromatic N) is 2. The van der Waals surface area contributed by atoms with E-state index in [1.165, 1.54) is 18.4 Å². The van der Waals surface area contributed by atoms with E-state index in [4.69, 9.17) is 16.6 Å². The number of thiazole rings is 1. The van der Waals surface area contributed by atoms with E-state index < -0.39 is 0 Å². The lowest BCUT2D eigenvalue weighted by Crippen LogP contribution is -2.44. The standard InChI is InChI=1S/C15H17ClN2OS/c1-8-2-5-12(16)14-13(8)17-15(20-14)18-9-3-4-10(18)7-11(19)6-9/h2,5,9-11,19H,3-4,6-7H2,1H3. The molecule has 1 N–H and O–H groups in total. The van der Waals surface area contributed by atoms with E-state index in [0.29, 0.717) is 12.1 Å². The Hall–Kier alpha value is -0.840. The Labute approximate surface area is 127 Å². The Morgan fingerprint density at radius 3 is 2.65 bits per heavy atom. The Morgan fingerprint density at radius 1 is 1.30 bits per heavy atom. The molecule has 106 valence electrons. The van der Waals surface area contributed by atoms with Gasteiger partial charge in [0.15, 0.2) is 5.13 Å². The van der Waals surface area contributed by atoms with Crippen LogP contribution in [-0.2, 0) is 0 Å². The van der Waals surface area contributed by atoms with Gasteiger partial charge in [0.25, 0.3) is 0 Å². The third-order valence-electron chi connectivity index (χ3n) is 4.62. The highest BCUT2D eigenvalue weighted by Gasteiger charge is 2.41. The Bertz CT molecular complexity index is 618. The van der Waals surface area contributed by atoms with E-state index in [2.05, 4.69) is 11.8 Å². The number of aliphatic hydroxyl groups excluding tert-OH is 1. The summed E-state index contributed by atoms with van der Waals surface area (Å²) in [6.45, 7) is 2.08. The predicted octanol–water partition coefficient (Wildman–Crippen LogP) is 3.75. The SMILES string of the molecule is Cc1ccc(Cl)c2sc(N3C4CCC3CC(O)C4)nc12. The molecule has 2 aliphatic heterocycles. The number of anilines is 1. The molecule has 2 unspecified atom stereocenters. The van der Waals surface area contributed by atoms with E-state index in [0.717, 1.165) is 33.2 Å². The predicted molar refractivity (Wildman–Crippen MR) is 83.9 cm³/mol. The Morgan fingerprint density at radius 2 is 2.00 bits per heavy atom. The number of aliphatic hydroxyl groups is 1. The number of rotatable bonds is 1. The van der Waals surface area contributed by atoms with Gasteiger partial charge in [-0.15, -0.1) is 0 Å². The minimum Gasteiger partial charge on any atom is -0.393 e. The number of fused-ring (bicyclic) bond motifs is 3. The second kappa shape index (κ2) is 4.58. The molecule has 1 aromatic carbocycles. The summed E-state index contributed by atoms with van der Waals surface area (Å²) in [5, 5.41) is 11.8. The second-order valence-electron chi connectivity index (χ2n) is 5.96. The van der Waals surface area contributed by atoms with Crippen LogP contribution in [0.25, 0.3) is 10.2 Å². The van der Waals surface area contributed by atoms with Crippen LogP contribution in [0.5, 0.6) is 0 Å². The molecule has 2 aliphatic rings. The highest BCUT2D eigenvalue weighted by molar-refractivity contribution is 7.22. The van der Waals surface area contributed by atoms with Gasteiger partial charge in [0.05, 0.1) is 21.3 Å². The topological polar surface area (TPSA) is 36.4 Å². The lowest BCUT2D eigenvalue weighted by Gasteiger charge is -2.36. The largest absolute Gasteiger partial charge is 0.393 e. The number of hydrogen-bond donors (Lipinski definition) is 1. The zero-order chi connectivity index (χ0) is 13.9. The highest BCUT2D eigenvalue weighted by Crippen LogP contribution is 2.43. The number of hydrogen-bond acceptors (Lipinski definition) is 4. The smallest absolute Gasteiger partial charge is 0.187 e. The Balaban J connectivity index is 1.80. The van der Waals surface area contributed by atoms with Crippen molar-refractivity contribution in [2.24, 2.45) is 0 Å². The van der Waals surface area contributed by atoms with E-state index in [9.17, 15) is 5.11 Å². The average Bonchev–Trinajstić information content (AvgIpc) is 2.95. The van der Waals surface area contributed by atoms with E-state index in [-0.39, 0.29) is 6.10 Å². The van der Waals surface area contributed by atoms with Crippen LogP contribution < -0.4 is 4.90 Å². The Kier molecular flexibility index (Phi) is 2.95. The fourth-order valence-electron chi connectivity index (χ4n) is 3.66. The quantitative estimate of drug-likeness (QED) is 0.871. The number of aromatic nitrogens is 1. The molecule has 5 heteroatoms. The summed E-state index contributed by atoms with van der Waals surface area (Å²) in [6.07, 6.45) is 3.95. The maximum absolute atomic E-state index is 9.92. The van der Waals surface area contributed by atoms with Crippen LogP contribution in [0, 0.1) is 6.92 Å². The monoisotopic (exact) mass is 308 g/mol. The maximum Gasteiger partial charge on any atom is 0.187 e.